The number of esters is 1. The number of hydrogen-bond acceptors (Lipinski definition) is 5. The van der Waals surface area contributed by atoms with E-state index in [2.05, 4.69) is 27.8 Å². The maximum Gasteiger partial charge on any atom is 0.325 e. The molecule has 1 atom stereocenters. The van der Waals surface area contributed by atoms with E-state index in [-0.39, 0.29) is 18.4 Å². The normalized spacial score (nSPS) is 17.3. The SMILES string of the molecule is CCOC(=O)CNC(=O)[C@@H]1CCCN(c2nc3ccccc3n2CC)C1. The van der Waals surface area contributed by atoms with E-state index in [9.17, 15) is 9.59 Å². The fourth-order valence-electron chi connectivity index (χ4n) is 3.50. The molecule has 3 rings (SSSR count). The lowest BCUT2D eigenvalue weighted by atomic mass is 9.97. The second-order valence-corrected chi connectivity index (χ2v) is 6.45. The first kappa shape index (κ1) is 18.2. The molecule has 1 fully saturated rings. The molecule has 0 spiro atoms. The lowest BCUT2D eigenvalue weighted by Gasteiger charge is -2.33. The van der Waals surface area contributed by atoms with Gasteiger partial charge in [0.2, 0.25) is 11.9 Å². The van der Waals surface area contributed by atoms with Crippen LogP contribution in [0.25, 0.3) is 11.0 Å². The van der Waals surface area contributed by atoms with Crippen molar-refractivity contribution in [3.63, 3.8) is 0 Å². The van der Waals surface area contributed by atoms with Crippen molar-refractivity contribution in [2.45, 2.75) is 33.2 Å². The van der Waals surface area contributed by atoms with Crippen LogP contribution in [0.5, 0.6) is 0 Å². The average Bonchev–Trinajstić information content (AvgIpc) is 3.05. The number of carbonyl (C=O) groups excluding carboxylic acids is 2. The number of hydrogen-bond donors (Lipinski definition) is 1. The Hall–Kier alpha value is -2.57. The van der Waals surface area contributed by atoms with Crippen LogP contribution in [0.1, 0.15) is 26.7 Å². The fraction of sp³-hybridized carbons (Fsp3) is 0.526. The number of aryl methyl sites for hydroxylation is 1. The summed E-state index contributed by atoms with van der Waals surface area (Å²) in [7, 11) is 0. The third-order valence-electron chi connectivity index (χ3n) is 4.74. The number of fused-ring (bicyclic) bond motifs is 1. The van der Waals surface area contributed by atoms with E-state index < -0.39 is 5.97 Å². The molecule has 0 radical (unpaired) electrons. The second kappa shape index (κ2) is 8.21. The minimum atomic E-state index is -0.402. The number of nitrogens with one attached hydrogen (secondary N) is 1. The van der Waals surface area contributed by atoms with Crippen molar-refractivity contribution in [1.82, 2.24) is 14.9 Å². The number of nitrogens with zero attached hydrogens (tertiary/aromatic N) is 3. The zero-order valence-corrected chi connectivity index (χ0v) is 15.4. The highest BCUT2D eigenvalue weighted by molar-refractivity contribution is 5.84. The van der Waals surface area contributed by atoms with Crippen LogP contribution in [-0.2, 0) is 20.9 Å². The first-order valence-corrected chi connectivity index (χ1v) is 9.27. The van der Waals surface area contributed by atoms with Crippen molar-refractivity contribution >= 4 is 28.9 Å². The number of amides is 1. The molecular formula is C19H26N4O3. The summed E-state index contributed by atoms with van der Waals surface area (Å²) in [6.07, 6.45) is 1.74. The largest absolute Gasteiger partial charge is 0.465 e. The van der Waals surface area contributed by atoms with Crippen molar-refractivity contribution in [2.75, 3.05) is 31.1 Å². The molecule has 1 saturated heterocycles. The fourth-order valence-corrected chi connectivity index (χ4v) is 3.50. The highest BCUT2D eigenvalue weighted by Gasteiger charge is 2.28. The third-order valence-corrected chi connectivity index (χ3v) is 4.74. The molecule has 1 aliphatic rings. The standard InChI is InChI=1S/C19H26N4O3/c1-3-23-16-10-6-5-9-15(16)21-19(23)22-11-7-8-14(13-22)18(25)20-12-17(24)26-4-2/h5-6,9-10,14H,3-4,7-8,11-13H2,1-2H3,(H,20,25)/t14-/m1/s1. The van der Waals surface area contributed by atoms with Crippen molar-refractivity contribution in [3.05, 3.63) is 24.3 Å². The number of piperidine rings is 1. The molecule has 1 aromatic carbocycles. The number of para-hydroxylation sites is 2. The van der Waals surface area contributed by atoms with Crippen molar-refractivity contribution in [1.29, 1.82) is 0 Å². The van der Waals surface area contributed by atoms with Gasteiger partial charge in [0.25, 0.3) is 0 Å². The molecule has 1 amide bonds. The number of anilines is 1. The molecule has 140 valence electrons. The Labute approximate surface area is 153 Å². The number of carbonyl (C=O) groups is 2. The van der Waals surface area contributed by atoms with E-state index in [0.717, 1.165) is 42.9 Å². The van der Waals surface area contributed by atoms with Crippen LogP contribution < -0.4 is 10.2 Å². The topological polar surface area (TPSA) is 76.5 Å². The smallest absolute Gasteiger partial charge is 0.325 e. The zero-order chi connectivity index (χ0) is 18.5. The summed E-state index contributed by atoms with van der Waals surface area (Å²) < 4.78 is 7.05. The molecule has 2 heterocycles. The minimum absolute atomic E-state index is 0.0728. The highest BCUT2D eigenvalue weighted by Crippen LogP contribution is 2.27. The summed E-state index contributed by atoms with van der Waals surface area (Å²) in [6.45, 7) is 6.41. The number of benzene rings is 1. The number of ether oxygens (including phenoxy) is 1. The van der Waals surface area contributed by atoms with E-state index in [0.29, 0.717) is 13.2 Å². The molecule has 0 bridgehead atoms. The first-order chi connectivity index (χ1) is 12.6. The van der Waals surface area contributed by atoms with Crippen LogP contribution >= 0.6 is 0 Å². The van der Waals surface area contributed by atoms with Crippen molar-refractivity contribution in [2.24, 2.45) is 5.92 Å². The summed E-state index contributed by atoms with van der Waals surface area (Å²) in [5.41, 5.74) is 2.08. The molecule has 1 aromatic heterocycles. The van der Waals surface area contributed by atoms with E-state index in [1.165, 1.54) is 0 Å². The molecule has 2 aromatic rings. The summed E-state index contributed by atoms with van der Waals surface area (Å²) in [4.78, 5) is 30.8. The van der Waals surface area contributed by atoms with Gasteiger partial charge in [0.15, 0.2) is 0 Å². The zero-order valence-electron chi connectivity index (χ0n) is 15.4. The Bertz CT molecular complexity index is 786. The summed E-state index contributed by atoms with van der Waals surface area (Å²) >= 11 is 0. The Morgan fingerprint density at radius 2 is 2.12 bits per heavy atom. The van der Waals surface area contributed by atoms with Crippen LogP contribution in [0.4, 0.5) is 5.95 Å². The van der Waals surface area contributed by atoms with E-state index in [4.69, 9.17) is 9.72 Å². The quantitative estimate of drug-likeness (QED) is 0.799. The molecule has 26 heavy (non-hydrogen) atoms. The Kier molecular flexibility index (Phi) is 5.75. The van der Waals surface area contributed by atoms with E-state index >= 15 is 0 Å². The molecule has 0 unspecified atom stereocenters. The molecule has 1 N–H and O–H groups in total. The van der Waals surface area contributed by atoms with Gasteiger partial charge < -0.3 is 19.5 Å². The lowest BCUT2D eigenvalue weighted by Crippen LogP contribution is -2.45. The molecule has 7 heteroatoms. The Balaban J connectivity index is 1.70. The monoisotopic (exact) mass is 358 g/mol. The minimum Gasteiger partial charge on any atom is -0.465 e. The lowest BCUT2D eigenvalue weighted by molar-refractivity contribution is -0.143. The van der Waals surface area contributed by atoms with Crippen molar-refractivity contribution < 1.29 is 14.3 Å². The van der Waals surface area contributed by atoms with Gasteiger partial charge in [-0.15, -0.1) is 0 Å². The maximum atomic E-state index is 12.4. The predicted molar refractivity (Wildman–Crippen MR) is 100.0 cm³/mol. The molecule has 7 nitrogen and oxygen atoms in total. The van der Waals surface area contributed by atoms with E-state index in [1.807, 2.05) is 18.2 Å². The molecular weight excluding hydrogens is 332 g/mol. The van der Waals surface area contributed by atoms with Crippen LogP contribution in [-0.4, -0.2) is 47.7 Å². The van der Waals surface area contributed by atoms with Gasteiger partial charge in [0.1, 0.15) is 6.54 Å². The number of imidazole rings is 1. The van der Waals surface area contributed by atoms with E-state index in [1.54, 1.807) is 6.92 Å². The Morgan fingerprint density at radius 1 is 1.31 bits per heavy atom. The van der Waals surface area contributed by atoms with Gasteiger partial charge >= 0.3 is 5.97 Å². The van der Waals surface area contributed by atoms with Gasteiger partial charge in [-0.25, -0.2) is 4.98 Å². The highest BCUT2D eigenvalue weighted by atomic mass is 16.5. The first-order valence-electron chi connectivity index (χ1n) is 9.27. The Morgan fingerprint density at radius 3 is 2.88 bits per heavy atom. The van der Waals surface area contributed by atoms with Crippen LogP contribution in [0.15, 0.2) is 24.3 Å². The summed E-state index contributed by atoms with van der Waals surface area (Å²) in [5.74, 6) is 0.267. The second-order valence-electron chi connectivity index (χ2n) is 6.45. The number of rotatable bonds is 6. The maximum absolute atomic E-state index is 12.4. The van der Waals surface area contributed by atoms with Gasteiger partial charge in [-0.3, -0.25) is 9.59 Å². The average molecular weight is 358 g/mol. The van der Waals surface area contributed by atoms with Gasteiger partial charge in [-0.05, 0) is 38.8 Å². The predicted octanol–water partition coefficient (Wildman–Crippen LogP) is 1.95. The summed E-state index contributed by atoms with van der Waals surface area (Å²) in [5, 5.41) is 2.70. The van der Waals surface area contributed by atoms with Gasteiger partial charge in [0.05, 0.1) is 23.6 Å². The molecule has 1 aliphatic heterocycles. The van der Waals surface area contributed by atoms with Gasteiger partial charge in [-0.2, -0.15) is 0 Å². The van der Waals surface area contributed by atoms with Gasteiger partial charge in [0, 0.05) is 19.6 Å². The van der Waals surface area contributed by atoms with Crippen LogP contribution in [0.2, 0.25) is 0 Å². The van der Waals surface area contributed by atoms with Gasteiger partial charge in [-0.1, -0.05) is 12.1 Å². The van der Waals surface area contributed by atoms with Crippen LogP contribution in [0.3, 0.4) is 0 Å². The molecule has 0 saturated carbocycles. The molecule has 0 aliphatic carbocycles. The third kappa shape index (κ3) is 3.81. The number of aromatic nitrogens is 2. The van der Waals surface area contributed by atoms with Crippen molar-refractivity contribution in [3.8, 4) is 0 Å². The van der Waals surface area contributed by atoms with Crippen LogP contribution in [0, 0.1) is 5.92 Å². The summed E-state index contributed by atoms with van der Waals surface area (Å²) in [6, 6.07) is 8.09.